The summed E-state index contributed by atoms with van der Waals surface area (Å²) in [6, 6.07) is 5.42. The maximum absolute atomic E-state index is 5.89. The number of ether oxygens (including phenoxy) is 2. The summed E-state index contributed by atoms with van der Waals surface area (Å²) >= 11 is 0. The van der Waals surface area contributed by atoms with E-state index < -0.39 is 0 Å². The highest BCUT2D eigenvalue weighted by Gasteiger charge is 2.18. The van der Waals surface area contributed by atoms with E-state index >= 15 is 0 Å². The Morgan fingerprint density at radius 2 is 2.12 bits per heavy atom. The third-order valence-corrected chi connectivity index (χ3v) is 3.34. The van der Waals surface area contributed by atoms with Crippen LogP contribution in [-0.2, 0) is 0 Å². The number of rotatable bonds is 7. The number of hydrogen-bond donors (Lipinski definition) is 1. The van der Waals surface area contributed by atoms with Gasteiger partial charge in [-0.05, 0) is 29.7 Å². The summed E-state index contributed by atoms with van der Waals surface area (Å²) in [7, 11) is 1.61. The van der Waals surface area contributed by atoms with Gasteiger partial charge in [0.2, 0.25) is 11.6 Å². The first-order valence-corrected chi connectivity index (χ1v) is 7.56. The first-order valence-electron chi connectivity index (χ1n) is 7.56. The van der Waals surface area contributed by atoms with Crippen molar-refractivity contribution in [2.45, 2.75) is 20.3 Å². The molecule has 0 radical (unpaired) electrons. The molecule has 0 bridgehead atoms. The fourth-order valence-electron chi connectivity index (χ4n) is 2.01. The molecule has 1 aromatic carbocycles. The van der Waals surface area contributed by atoms with Crippen LogP contribution in [0.5, 0.6) is 11.5 Å². The van der Waals surface area contributed by atoms with Gasteiger partial charge >= 0.3 is 0 Å². The van der Waals surface area contributed by atoms with Gasteiger partial charge in [0.1, 0.15) is 11.5 Å². The van der Waals surface area contributed by atoms with Crippen LogP contribution in [0.2, 0.25) is 0 Å². The van der Waals surface area contributed by atoms with E-state index in [0.717, 1.165) is 6.42 Å². The number of aromatic amines is 1. The summed E-state index contributed by atoms with van der Waals surface area (Å²) in [4.78, 5) is 4.30. The molecule has 24 heavy (non-hydrogen) atoms. The van der Waals surface area contributed by atoms with Crippen LogP contribution in [0.15, 0.2) is 22.7 Å². The molecule has 0 unspecified atom stereocenters. The molecule has 2 heterocycles. The molecule has 9 heteroatoms. The minimum absolute atomic E-state index is 0.252. The van der Waals surface area contributed by atoms with Crippen LogP contribution < -0.4 is 9.47 Å². The van der Waals surface area contributed by atoms with Crippen molar-refractivity contribution in [3.8, 4) is 34.6 Å². The third kappa shape index (κ3) is 3.50. The van der Waals surface area contributed by atoms with Crippen molar-refractivity contribution < 1.29 is 14.0 Å². The van der Waals surface area contributed by atoms with Gasteiger partial charge in [-0.2, -0.15) is 10.2 Å². The van der Waals surface area contributed by atoms with E-state index in [1.807, 2.05) is 12.1 Å². The molecule has 3 aromatic rings. The van der Waals surface area contributed by atoms with Crippen molar-refractivity contribution in [1.82, 2.24) is 30.8 Å². The van der Waals surface area contributed by atoms with Crippen molar-refractivity contribution in [2.24, 2.45) is 5.92 Å². The number of nitrogens with one attached hydrogen (secondary N) is 1. The molecule has 0 aliphatic carbocycles. The molecule has 0 fully saturated rings. The maximum Gasteiger partial charge on any atom is 0.262 e. The molecule has 0 amide bonds. The summed E-state index contributed by atoms with van der Waals surface area (Å²) in [6.45, 7) is 4.87. The van der Waals surface area contributed by atoms with E-state index in [1.54, 1.807) is 13.2 Å². The second kappa shape index (κ2) is 7.07. The van der Waals surface area contributed by atoms with Gasteiger partial charge < -0.3 is 14.0 Å². The number of tetrazole rings is 1. The van der Waals surface area contributed by atoms with Crippen LogP contribution in [0, 0.1) is 5.92 Å². The zero-order valence-electron chi connectivity index (χ0n) is 13.7. The molecule has 0 saturated carbocycles. The molecule has 9 nitrogen and oxygen atoms in total. The van der Waals surface area contributed by atoms with Gasteiger partial charge in [-0.3, -0.25) is 0 Å². The Kier molecular flexibility index (Phi) is 4.69. The number of benzene rings is 1. The van der Waals surface area contributed by atoms with Gasteiger partial charge in [-0.15, -0.1) is 10.2 Å². The molecular formula is C15H18N6O3. The monoisotopic (exact) mass is 330 g/mol. The topological polar surface area (TPSA) is 112 Å². The number of nitrogens with zero attached hydrogens (tertiary/aromatic N) is 5. The molecule has 0 aliphatic heterocycles. The van der Waals surface area contributed by atoms with Crippen LogP contribution in [0.4, 0.5) is 0 Å². The molecule has 0 spiro atoms. The Balaban J connectivity index is 1.88. The maximum atomic E-state index is 5.89. The zero-order chi connectivity index (χ0) is 16.9. The first-order chi connectivity index (χ1) is 11.7. The highest BCUT2D eigenvalue weighted by atomic mass is 16.5. The lowest BCUT2D eigenvalue weighted by molar-refractivity contribution is 0.287. The molecule has 0 saturated heterocycles. The standard InChI is InChI=1S/C15H18N6O3/c1-9(2)6-7-23-12-8-10(22-3)4-5-11(12)15-16-13(19-24-15)14-17-20-21-18-14/h4-5,8-9H,6-7H2,1-3H3,(H,17,18,20,21). The quantitative estimate of drug-likeness (QED) is 0.702. The van der Waals surface area contributed by atoms with Gasteiger partial charge in [0.15, 0.2) is 0 Å². The van der Waals surface area contributed by atoms with Crippen LogP contribution in [0.1, 0.15) is 20.3 Å². The first kappa shape index (κ1) is 15.9. The molecule has 3 rings (SSSR count). The minimum Gasteiger partial charge on any atom is -0.497 e. The molecular weight excluding hydrogens is 312 g/mol. The predicted octanol–water partition coefficient (Wildman–Crippen LogP) is 2.35. The van der Waals surface area contributed by atoms with Gasteiger partial charge in [0.25, 0.3) is 5.89 Å². The van der Waals surface area contributed by atoms with Gasteiger partial charge in [0.05, 0.1) is 19.3 Å². The van der Waals surface area contributed by atoms with Crippen LogP contribution in [-0.4, -0.2) is 44.5 Å². The molecule has 2 aromatic heterocycles. The van der Waals surface area contributed by atoms with Crippen molar-refractivity contribution >= 4 is 0 Å². The highest BCUT2D eigenvalue weighted by Crippen LogP contribution is 2.33. The highest BCUT2D eigenvalue weighted by molar-refractivity contribution is 5.65. The van der Waals surface area contributed by atoms with E-state index in [1.165, 1.54) is 0 Å². The second-order valence-electron chi connectivity index (χ2n) is 5.55. The molecule has 126 valence electrons. The third-order valence-electron chi connectivity index (χ3n) is 3.34. The van der Waals surface area contributed by atoms with E-state index in [9.17, 15) is 0 Å². The molecule has 1 N–H and O–H groups in total. The van der Waals surface area contributed by atoms with Crippen LogP contribution in [0.3, 0.4) is 0 Å². The van der Waals surface area contributed by atoms with E-state index in [0.29, 0.717) is 35.5 Å². The molecule has 0 aliphatic rings. The van der Waals surface area contributed by atoms with E-state index in [2.05, 4.69) is 44.6 Å². The smallest absolute Gasteiger partial charge is 0.262 e. The fraction of sp³-hybridized carbons (Fsp3) is 0.400. The van der Waals surface area contributed by atoms with Crippen molar-refractivity contribution in [2.75, 3.05) is 13.7 Å². The average molecular weight is 330 g/mol. The SMILES string of the molecule is COc1ccc(-c2nc(-c3nn[nH]n3)no2)c(OCCC(C)C)c1. The summed E-state index contributed by atoms with van der Waals surface area (Å²) in [5.74, 6) is 2.70. The Bertz CT molecular complexity index is 784. The Hall–Kier alpha value is -2.97. The zero-order valence-corrected chi connectivity index (χ0v) is 13.7. The van der Waals surface area contributed by atoms with Gasteiger partial charge in [-0.1, -0.05) is 19.0 Å². The van der Waals surface area contributed by atoms with Crippen LogP contribution in [0.25, 0.3) is 23.1 Å². The average Bonchev–Trinajstić information content (AvgIpc) is 3.25. The van der Waals surface area contributed by atoms with Crippen molar-refractivity contribution in [3.63, 3.8) is 0 Å². The Labute approximate surface area is 138 Å². The number of hydrogen-bond acceptors (Lipinski definition) is 8. The fourth-order valence-corrected chi connectivity index (χ4v) is 2.01. The number of methoxy groups -OCH3 is 1. The summed E-state index contributed by atoms with van der Waals surface area (Å²) in [6.07, 6.45) is 0.939. The van der Waals surface area contributed by atoms with E-state index in [-0.39, 0.29) is 11.6 Å². The number of aromatic nitrogens is 6. The summed E-state index contributed by atoms with van der Waals surface area (Å²) in [5, 5.41) is 17.4. The van der Waals surface area contributed by atoms with Crippen LogP contribution >= 0.6 is 0 Å². The minimum atomic E-state index is 0.252. The number of H-pyrrole nitrogens is 1. The van der Waals surface area contributed by atoms with Gasteiger partial charge in [0, 0.05) is 6.07 Å². The predicted molar refractivity (Wildman–Crippen MR) is 84.4 cm³/mol. The lowest BCUT2D eigenvalue weighted by atomic mass is 10.1. The van der Waals surface area contributed by atoms with Crippen molar-refractivity contribution in [3.05, 3.63) is 18.2 Å². The normalized spacial score (nSPS) is 11.0. The summed E-state index contributed by atoms with van der Waals surface area (Å²) in [5.41, 5.74) is 0.682. The molecule has 0 atom stereocenters. The lowest BCUT2D eigenvalue weighted by Crippen LogP contribution is -2.02. The summed E-state index contributed by atoms with van der Waals surface area (Å²) < 4.78 is 16.5. The Morgan fingerprint density at radius 1 is 1.25 bits per heavy atom. The van der Waals surface area contributed by atoms with Gasteiger partial charge in [-0.25, -0.2) is 0 Å². The van der Waals surface area contributed by atoms with E-state index in [4.69, 9.17) is 14.0 Å². The second-order valence-corrected chi connectivity index (χ2v) is 5.55. The largest absolute Gasteiger partial charge is 0.497 e. The lowest BCUT2D eigenvalue weighted by Gasteiger charge is -2.12. The van der Waals surface area contributed by atoms with Crippen molar-refractivity contribution in [1.29, 1.82) is 0 Å². The Morgan fingerprint density at radius 3 is 2.83 bits per heavy atom.